The Balaban J connectivity index is 2.41. The zero-order valence-electron chi connectivity index (χ0n) is 11.7. The third-order valence-corrected chi connectivity index (χ3v) is 2.66. The Labute approximate surface area is 113 Å². The van der Waals surface area contributed by atoms with E-state index in [2.05, 4.69) is 0 Å². The number of hydroxylamine groups is 2. The van der Waals surface area contributed by atoms with E-state index < -0.39 is 23.2 Å². The predicted octanol–water partition coefficient (Wildman–Crippen LogP) is 1.44. The molecule has 0 unspecified atom stereocenters. The Morgan fingerprint density at radius 2 is 1.84 bits per heavy atom. The van der Waals surface area contributed by atoms with Crippen LogP contribution in [0.4, 0.5) is 0 Å². The highest BCUT2D eigenvalue weighted by Gasteiger charge is 2.34. The van der Waals surface area contributed by atoms with Gasteiger partial charge >= 0.3 is 5.97 Å². The third-order valence-electron chi connectivity index (χ3n) is 2.66. The molecule has 0 aromatic carbocycles. The van der Waals surface area contributed by atoms with Crippen LogP contribution in [0.5, 0.6) is 0 Å². The van der Waals surface area contributed by atoms with E-state index in [-0.39, 0.29) is 19.3 Å². The molecule has 19 heavy (non-hydrogen) atoms. The van der Waals surface area contributed by atoms with Crippen molar-refractivity contribution in [2.45, 2.75) is 46.5 Å². The summed E-state index contributed by atoms with van der Waals surface area (Å²) in [7, 11) is 0. The molecule has 0 aliphatic carbocycles. The lowest BCUT2D eigenvalue weighted by Gasteiger charge is -2.24. The number of carbonyl (C=O) groups excluding carboxylic acids is 3. The minimum atomic E-state index is -0.589. The quantitative estimate of drug-likeness (QED) is 0.517. The van der Waals surface area contributed by atoms with Crippen LogP contribution in [-0.2, 0) is 24.0 Å². The van der Waals surface area contributed by atoms with Crippen LogP contribution in [0.1, 0.15) is 46.5 Å². The molecule has 6 heteroatoms. The van der Waals surface area contributed by atoms with Crippen molar-refractivity contribution in [2.24, 2.45) is 5.41 Å². The lowest BCUT2D eigenvalue weighted by Crippen LogP contribution is -2.34. The van der Waals surface area contributed by atoms with Crippen LogP contribution in [0.25, 0.3) is 0 Å². The molecular weight excluding hydrogens is 250 g/mol. The number of hydrogen-bond acceptors (Lipinski definition) is 5. The van der Waals surface area contributed by atoms with Gasteiger partial charge in [0.25, 0.3) is 11.8 Å². The van der Waals surface area contributed by atoms with Gasteiger partial charge in [0, 0.05) is 19.4 Å². The summed E-state index contributed by atoms with van der Waals surface area (Å²) in [4.78, 5) is 39.1. The second kappa shape index (κ2) is 6.65. The van der Waals surface area contributed by atoms with Crippen molar-refractivity contribution in [1.29, 1.82) is 0 Å². The maximum Gasteiger partial charge on any atom is 0.333 e. The van der Waals surface area contributed by atoms with E-state index in [4.69, 9.17) is 9.57 Å². The average Bonchev–Trinajstić information content (AvgIpc) is 2.60. The highest BCUT2D eigenvalue weighted by Crippen LogP contribution is 2.22. The maximum absolute atomic E-state index is 11.7. The first-order valence-corrected chi connectivity index (χ1v) is 6.50. The standard InChI is InChI=1S/C13H21NO5/c1-4-7-18-9-13(2,3)8-12(17)19-14-10(15)5-6-11(14)16/h4-9H2,1-3H3. The SMILES string of the molecule is CCCOCC(C)(C)CC(=O)ON1C(=O)CCC1=O. The van der Waals surface area contributed by atoms with Crippen LogP contribution in [0.15, 0.2) is 0 Å². The van der Waals surface area contributed by atoms with Crippen molar-refractivity contribution in [2.75, 3.05) is 13.2 Å². The number of ether oxygens (including phenoxy) is 1. The lowest BCUT2D eigenvalue weighted by molar-refractivity contribution is -0.199. The highest BCUT2D eigenvalue weighted by molar-refractivity contribution is 6.01. The maximum atomic E-state index is 11.7. The molecule has 0 aromatic rings. The minimum Gasteiger partial charge on any atom is -0.381 e. The van der Waals surface area contributed by atoms with Crippen LogP contribution in [0.3, 0.4) is 0 Å². The van der Waals surface area contributed by atoms with Gasteiger partial charge in [-0.05, 0) is 11.8 Å². The molecule has 1 aliphatic heterocycles. The van der Waals surface area contributed by atoms with Gasteiger partial charge in [0.2, 0.25) is 0 Å². The van der Waals surface area contributed by atoms with E-state index in [0.29, 0.717) is 18.3 Å². The first-order chi connectivity index (χ1) is 8.85. The normalized spacial score (nSPS) is 16.1. The van der Waals surface area contributed by atoms with Crippen LogP contribution >= 0.6 is 0 Å². The molecule has 0 aromatic heterocycles. The molecule has 1 fully saturated rings. The van der Waals surface area contributed by atoms with Gasteiger partial charge < -0.3 is 9.57 Å². The molecule has 0 atom stereocenters. The van der Waals surface area contributed by atoms with Gasteiger partial charge in [-0.25, -0.2) is 4.79 Å². The molecule has 1 saturated heterocycles. The molecule has 108 valence electrons. The smallest absolute Gasteiger partial charge is 0.333 e. The topological polar surface area (TPSA) is 72.9 Å². The zero-order valence-corrected chi connectivity index (χ0v) is 11.7. The van der Waals surface area contributed by atoms with Gasteiger partial charge in [0.05, 0.1) is 13.0 Å². The molecule has 0 bridgehead atoms. The number of hydrogen-bond donors (Lipinski definition) is 0. The van der Waals surface area contributed by atoms with E-state index in [0.717, 1.165) is 6.42 Å². The van der Waals surface area contributed by atoms with Crippen LogP contribution in [0, 0.1) is 5.41 Å². The molecule has 1 aliphatic rings. The summed E-state index contributed by atoms with van der Waals surface area (Å²) < 4.78 is 5.41. The third kappa shape index (κ3) is 4.98. The predicted molar refractivity (Wildman–Crippen MR) is 66.7 cm³/mol. The molecule has 0 radical (unpaired) electrons. The van der Waals surface area contributed by atoms with Crippen LogP contribution in [-0.4, -0.2) is 36.1 Å². The first-order valence-electron chi connectivity index (χ1n) is 6.50. The fourth-order valence-corrected chi connectivity index (χ4v) is 1.73. The second-order valence-corrected chi connectivity index (χ2v) is 5.44. The van der Waals surface area contributed by atoms with Gasteiger partial charge in [-0.15, -0.1) is 5.06 Å². The van der Waals surface area contributed by atoms with Gasteiger partial charge in [0.1, 0.15) is 0 Å². The van der Waals surface area contributed by atoms with Crippen molar-refractivity contribution in [3.8, 4) is 0 Å². The summed E-state index contributed by atoms with van der Waals surface area (Å²) in [5.41, 5.74) is -0.391. The Morgan fingerprint density at radius 3 is 2.37 bits per heavy atom. The Bertz CT molecular complexity index is 348. The zero-order chi connectivity index (χ0) is 14.5. The number of rotatable bonds is 7. The van der Waals surface area contributed by atoms with Crippen LogP contribution < -0.4 is 0 Å². The summed E-state index contributed by atoms with van der Waals surface area (Å²) in [5, 5.41) is 0.575. The van der Waals surface area contributed by atoms with E-state index in [1.165, 1.54) is 0 Å². The van der Waals surface area contributed by atoms with E-state index >= 15 is 0 Å². The van der Waals surface area contributed by atoms with Gasteiger partial charge in [-0.1, -0.05) is 20.8 Å². The number of nitrogens with zero attached hydrogens (tertiary/aromatic N) is 1. The summed E-state index contributed by atoms with van der Waals surface area (Å²) >= 11 is 0. The fraction of sp³-hybridized carbons (Fsp3) is 0.769. The average molecular weight is 271 g/mol. The summed E-state index contributed by atoms with van der Waals surface area (Å²) in [6, 6.07) is 0. The monoisotopic (exact) mass is 271 g/mol. The first kappa shape index (κ1) is 15.6. The van der Waals surface area contributed by atoms with E-state index in [9.17, 15) is 14.4 Å². The van der Waals surface area contributed by atoms with Gasteiger partial charge in [0.15, 0.2) is 0 Å². The molecule has 0 saturated carbocycles. The molecule has 6 nitrogen and oxygen atoms in total. The second-order valence-electron chi connectivity index (χ2n) is 5.44. The van der Waals surface area contributed by atoms with E-state index in [1.807, 2.05) is 20.8 Å². The number of carbonyl (C=O) groups is 3. The van der Waals surface area contributed by atoms with Gasteiger partial charge in [-0.2, -0.15) is 0 Å². The van der Waals surface area contributed by atoms with Crippen LogP contribution in [0.2, 0.25) is 0 Å². The van der Waals surface area contributed by atoms with Crippen molar-refractivity contribution in [3.63, 3.8) is 0 Å². The molecular formula is C13H21NO5. The van der Waals surface area contributed by atoms with Crippen molar-refractivity contribution < 1.29 is 24.0 Å². The number of amides is 2. The van der Waals surface area contributed by atoms with Gasteiger partial charge in [-0.3, -0.25) is 9.59 Å². The summed E-state index contributed by atoms with van der Waals surface area (Å²) in [6.45, 7) is 6.82. The Hall–Kier alpha value is -1.43. The Morgan fingerprint density at radius 1 is 1.26 bits per heavy atom. The highest BCUT2D eigenvalue weighted by atomic mass is 16.7. The fourth-order valence-electron chi connectivity index (χ4n) is 1.73. The molecule has 2 amide bonds. The molecule has 0 spiro atoms. The molecule has 1 heterocycles. The van der Waals surface area contributed by atoms with Crippen molar-refractivity contribution >= 4 is 17.8 Å². The number of imide groups is 1. The molecule has 1 rings (SSSR count). The summed E-state index contributed by atoms with van der Waals surface area (Å²) in [5.74, 6) is -1.51. The lowest BCUT2D eigenvalue weighted by atomic mass is 9.91. The Kier molecular flexibility index (Phi) is 5.47. The summed E-state index contributed by atoms with van der Waals surface area (Å²) in [6.07, 6.45) is 1.22. The van der Waals surface area contributed by atoms with Crippen molar-refractivity contribution in [1.82, 2.24) is 5.06 Å². The molecule has 0 N–H and O–H groups in total. The van der Waals surface area contributed by atoms with Crippen molar-refractivity contribution in [3.05, 3.63) is 0 Å². The largest absolute Gasteiger partial charge is 0.381 e. The minimum absolute atomic E-state index is 0.0910. The van der Waals surface area contributed by atoms with E-state index in [1.54, 1.807) is 0 Å².